The average Bonchev–Trinajstić information content (AvgIpc) is 3.44. The monoisotopic (exact) mass is 338 g/mol. The van der Waals surface area contributed by atoms with Gasteiger partial charge in [0.15, 0.2) is 0 Å². The Morgan fingerprint density at radius 2 is 1.88 bits per heavy atom. The Morgan fingerprint density at radius 1 is 1.16 bits per heavy atom. The normalized spacial score (nSPS) is 15.3. The summed E-state index contributed by atoms with van der Waals surface area (Å²) in [5.74, 6) is -0.105. The maximum absolute atomic E-state index is 11.1. The zero-order valence-electron chi connectivity index (χ0n) is 14.7. The van der Waals surface area contributed by atoms with Crippen molar-refractivity contribution in [3.8, 4) is 0 Å². The molecule has 2 N–H and O–H groups in total. The lowest BCUT2D eigenvalue weighted by Crippen LogP contribution is -2.41. The van der Waals surface area contributed by atoms with Crippen LogP contribution in [0.5, 0.6) is 0 Å². The van der Waals surface area contributed by atoms with Gasteiger partial charge in [-0.25, -0.2) is 4.79 Å². The Kier molecular flexibility index (Phi) is 5.84. The molecule has 132 valence electrons. The van der Waals surface area contributed by atoms with Crippen LogP contribution in [-0.4, -0.2) is 35.6 Å². The van der Waals surface area contributed by atoms with Crippen molar-refractivity contribution in [2.75, 3.05) is 13.6 Å². The summed E-state index contributed by atoms with van der Waals surface area (Å²) in [5.41, 5.74) is 2.70. The van der Waals surface area contributed by atoms with Crippen molar-refractivity contribution in [2.45, 2.75) is 32.0 Å². The summed E-state index contributed by atoms with van der Waals surface area (Å²) in [7, 11) is 2.20. The zero-order chi connectivity index (χ0) is 17.6. The van der Waals surface area contributed by atoms with Crippen LogP contribution in [0, 0.1) is 5.92 Å². The number of hydrogen-bond donors (Lipinski definition) is 2. The molecule has 0 heterocycles. The van der Waals surface area contributed by atoms with Gasteiger partial charge in [0.05, 0.1) is 5.56 Å². The van der Waals surface area contributed by atoms with Crippen LogP contribution >= 0.6 is 0 Å². The van der Waals surface area contributed by atoms with Crippen LogP contribution in [0.3, 0.4) is 0 Å². The quantitative estimate of drug-likeness (QED) is 0.736. The molecule has 1 aliphatic rings. The molecule has 0 bridgehead atoms. The molecular weight excluding hydrogens is 312 g/mol. The molecule has 25 heavy (non-hydrogen) atoms. The Morgan fingerprint density at radius 3 is 2.56 bits per heavy atom. The van der Waals surface area contributed by atoms with Crippen LogP contribution in [-0.2, 0) is 13.1 Å². The van der Waals surface area contributed by atoms with Crippen LogP contribution in [0.2, 0.25) is 0 Å². The Bertz CT molecular complexity index is 698. The molecule has 0 aliphatic heterocycles. The Hall–Kier alpha value is -2.17. The molecule has 1 atom stereocenters. The first kappa shape index (κ1) is 17.6. The van der Waals surface area contributed by atoms with Crippen molar-refractivity contribution in [1.29, 1.82) is 0 Å². The first-order chi connectivity index (χ1) is 12.1. The number of likely N-dealkylation sites (N-methyl/N-ethyl adjacent to an activating group) is 1. The topological polar surface area (TPSA) is 52.6 Å². The van der Waals surface area contributed by atoms with Crippen molar-refractivity contribution in [2.24, 2.45) is 5.92 Å². The molecule has 4 heteroatoms. The third-order valence-electron chi connectivity index (χ3n) is 4.86. The molecule has 4 nitrogen and oxygen atoms in total. The van der Waals surface area contributed by atoms with Gasteiger partial charge in [-0.15, -0.1) is 0 Å². The number of nitrogens with one attached hydrogen (secondary N) is 1. The fraction of sp³-hybridized carbons (Fsp3) is 0.381. The maximum atomic E-state index is 11.1. The SMILES string of the molecule is CN(Cc1ccccc1)C(CNCc1cccc(C(=O)O)c1)C1CC1. The molecule has 0 radical (unpaired) electrons. The lowest BCUT2D eigenvalue weighted by atomic mass is 10.1. The van der Waals surface area contributed by atoms with E-state index >= 15 is 0 Å². The number of benzene rings is 2. The Labute approximate surface area is 149 Å². The van der Waals surface area contributed by atoms with Gasteiger partial charge in [0.1, 0.15) is 0 Å². The molecule has 1 fully saturated rings. The van der Waals surface area contributed by atoms with Crippen LogP contribution in [0.1, 0.15) is 34.3 Å². The minimum Gasteiger partial charge on any atom is -0.478 e. The van der Waals surface area contributed by atoms with Crippen molar-refractivity contribution >= 4 is 5.97 Å². The number of rotatable bonds is 9. The lowest BCUT2D eigenvalue weighted by molar-refractivity contribution is 0.0696. The summed E-state index contributed by atoms with van der Waals surface area (Å²) in [6.45, 7) is 2.58. The fourth-order valence-corrected chi connectivity index (χ4v) is 3.33. The molecule has 1 aliphatic carbocycles. The van der Waals surface area contributed by atoms with Gasteiger partial charge in [-0.2, -0.15) is 0 Å². The summed E-state index contributed by atoms with van der Waals surface area (Å²) in [6.07, 6.45) is 2.61. The number of carbonyl (C=O) groups is 1. The average molecular weight is 338 g/mol. The highest BCUT2D eigenvalue weighted by atomic mass is 16.4. The van der Waals surface area contributed by atoms with Crippen LogP contribution in [0.4, 0.5) is 0 Å². The van der Waals surface area contributed by atoms with Gasteiger partial charge >= 0.3 is 5.97 Å². The standard InChI is InChI=1S/C21H26N2O2/c1-23(15-16-6-3-2-4-7-16)20(18-10-11-18)14-22-13-17-8-5-9-19(12-17)21(24)25/h2-9,12,18,20,22H,10-11,13-15H2,1H3,(H,24,25). The smallest absolute Gasteiger partial charge is 0.335 e. The minimum absolute atomic E-state index is 0.347. The van der Waals surface area contributed by atoms with E-state index in [1.54, 1.807) is 18.2 Å². The third kappa shape index (κ3) is 5.15. The van der Waals surface area contributed by atoms with Crippen molar-refractivity contribution in [1.82, 2.24) is 10.2 Å². The summed E-state index contributed by atoms with van der Waals surface area (Å²) in [4.78, 5) is 13.5. The van der Waals surface area contributed by atoms with Crippen LogP contribution < -0.4 is 5.32 Å². The molecule has 0 amide bonds. The second kappa shape index (κ2) is 8.28. The number of aromatic carboxylic acids is 1. The highest BCUT2D eigenvalue weighted by Gasteiger charge is 2.33. The summed E-state index contributed by atoms with van der Waals surface area (Å²) < 4.78 is 0. The predicted octanol–water partition coefficient (Wildman–Crippen LogP) is 3.39. The molecule has 1 unspecified atom stereocenters. The highest BCUT2D eigenvalue weighted by Crippen LogP contribution is 2.35. The molecule has 0 aromatic heterocycles. The number of carboxylic acid groups (broad SMARTS) is 1. The van der Waals surface area contributed by atoms with Gasteiger partial charge in [0, 0.05) is 25.7 Å². The van der Waals surface area contributed by atoms with Gasteiger partial charge in [-0.3, -0.25) is 4.90 Å². The molecule has 2 aromatic carbocycles. The van der Waals surface area contributed by atoms with E-state index in [9.17, 15) is 4.79 Å². The van der Waals surface area contributed by atoms with Crippen molar-refractivity contribution < 1.29 is 9.90 Å². The second-order valence-corrected chi connectivity index (χ2v) is 6.94. The van der Waals surface area contributed by atoms with Gasteiger partial charge in [0.2, 0.25) is 0 Å². The van der Waals surface area contributed by atoms with E-state index in [2.05, 4.69) is 47.6 Å². The maximum Gasteiger partial charge on any atom is 0.335 e. The van der Waals surface area contributed by atoms with E-state index in [1.807, 2.05) is 6.07 Å². The lowest BCUT2D eigenvalue weighted by Gasteiger charge is -2.28. The minimum atomic E-state index is -0.875. The fourth-order valence-electron chi connectivity index (χ4n) is 3.33. The van der Waals surface area contributed by atoms with Crippen molar-refractivity contribution in [3.63, 3.8) is 0 Å². The van der Waals surface area contributed by atoms with E-state index in [1.165, 1.54) is 18.4 Å². The molecule has 0 saturated heterocycles. The molecule has 0 spiro atoms. The second-order valence-electron chi connectivity index (χ2n) is 6.94. The first-order valence-corrected chi connectivity index (χ1v) is 8.90. The van der Waals surface area contributed by atoms with Gasteiger partial charge in [-0.1, -0.05) is 42.5 Å². The molecule has 2 aromatic rings. The van der Waals surface area contributed by atoms with Crippen molar-refractivity contribution in [3.05, 3.63) is 71.3 Å². The molecular formula is C21H26N2O2. The molecule has 3 rings (SSSR count). The predicted molar refractivity (Wildman–Crippen MR) is 99.5 cm³/mol. The highest BCUT2D eigenvalue weighted by molar-refractivity contribution is 5.87. The van der Waals surface area contributed by atoms with Crippen LogP contribution in [0.15, 0.2) is 54.6 Å². The van der Waals surface area contributed by atoms with E-state index < -0.39 is 5.97 Å². The summed E-state index contributed by atoms with van der Waals surface area (Å²) >= 11 is 0. The van der Waals surface area contributed by atoms with E-state index in [0.717, 1.165) is 24.6 Å². The van der Waals surface area contributed by atoms with E-state index in [0.29, 0.717) is 18.2 Å². The summed E-state index contributed by atoms with van der Waals surface area (Å²) in [5, 5.41) is 12.6. The van der Waals surface area contributed by atoms with Gasteiger partial charge in [0.25, 0.3) is 0 Å². The van der Waals surface area contributed by atoms with E-state index in [4.69, 9.17) is 5.11 Å². The third-order valence-corrected chi connectivity index (χ3v) is 4.86. The van der Waals surface area contributed by atoms with E-state index in [-0.39, 0.29) is 0 Å². The first-order valence-electron chi connectivity index (χ1n) is 8.90. The number of carboxylic acids is 1. The Balaban J connectivity index is 1.54. The van der Waals surface area contributed by atoms with Gasteiger partial charge < -0.3 is 10.4 Å². The largest absolute Gasteiger partial charge is 0.478 e. The van der Waals surface area contributed by atoms with Crippen LogP contribution in [0.25, 0.3) is 0 Å². The molecule has 1 saturated carbocycles. The van der Waals surface area contributed by atoms with Gasteiger partial charge in [-0.05, 0) is 49.1 Å². The zero-order valence-corrected chi connectivity index (χ0v) is 14.7. The number of hydrogen-bond acceptors (Lipinski definition) is 3. The summed E-state index contributed by atoms with van der Waals surface area (Å²) in [6, 6.07) is 18.2. The number of nitrogens with zero attached hydrogens (tertiary/aromatic N) is 1.